The van der Waals surface area contributed by atoms with Crippen LogP contribution in [0.3, 0.4) is 0 Å². The highest BCUT2D eigenvalue weighted by Gasteiger charge is 2.43. The molecule has 0 unspecified atom stereocenters. The Morgan fingerprint density at radius 2 is 1.66 bits per heavy atom. The molecule has 2 aromatic carbocycles. The fraction of sp³-hybridized carbons (Fsp3) is 0.300. The molecule has 0 aromatic heterocycles. The van der Waals surface area contributed by atoms with Crippen LogP contribution in [0, 0.1) is 15.9 Å². The zero-order chi connectivity index (χ0) is 20.5. The summed E-state index contributed by atoms with van der Waals surface area (Å²) in [5, 5.41) is 11.0. The number of benzene rings is 2. The largest absolute Gasteiger partial charge is 0.369 e. The quantitative estimate of drug-likeness (QED) is 0.446. The van der Waals surface area contributed by atoms with E-state index in [9.17, 15) is 24.1 Å². The Morgan fingerprint density at radius 3 is 2.31 bits per heavy atom. The molecule has 2 aliphatic heterocycles. The summed E-state index contributed by atoms with van der Waals surface area (Å²) in [4.78, 5) is 41.0. The highest BCUT2D eigenvalue weighted by atomic mass is 19.1. The van der Waals surface area contributed by atoms with Crippen LogP contribution in [-0.2, 0) is 9.59 Å². The van der Waals surface area contributed by atoms with Crippen molar-refractivity contribution in [2.45, 2.75) is 12.5 Å². The van der Waals surface area contributed by atoms with Gasteiger partial charge in [0, 0.05) is 44.0 Å². The topological polar surface area (TPSA) is 87.0 Å². The second kappa shape index (κ2) is 7.59. The first-order valence-corrected chi connectivity index (χ1v) is 9.30. The van der Waals surface area contributed by atoms with Gasteiger partial charge < -0.3 is 4.90 Å². The summed E-state index contributed by atoms with van der Waals surface area (Å²) in [6, 6.07) is 11.2. The van der Waals surface area contributed by atoms with Gasteiger partial charge in [-0.25, -0.2) is 9.29 Å². The predicted octanol–water partition coefficient (Wildman–Crippen LogP) is 2.19. The average molecular weight is 398 g/mol. The lowest BCUT2D eigenvalue weighted by Crippen LogP contribution is -2.52. The normalized spacial score (nSPS) is 20.4. The minimum absolute atomic E-state index is 0.0536. The Kier molecular flexibility index (Phi) is 4.98. The molecule has 2 fully saturated rings. The Morgan fingerprint density at radius 1 is 0.966 bits per heavy atom. The van der Waals surface area contributed by atoms with Gasteiger partial charge in [-0.1, -0.05) is 6.07 Å². The lowest BCUT2D eigenvalue weighted by atomic mass is 10.1. The van der Waals surface area contributed by atoms with E-state index < -0.39 is 11.0 Å². The van der Waals surface area contributed by atoms with Crippen molar-refractivity contribution in [2.75, 3.05) is 36.0 Å². The molecular weight excluding hydrogens is 379 g/mol. The van der Waals surface area contributed by atoms with Crippen molar-refractivity contribution in [2.24, 2.45) is 0 Å². The summed E-state index contributed by atoms with van der Waals surface area (Å²) in [5.74, 6) is -1.00. The van der Waals surface area contributed by atoms with Crippen LogP contribution in [0.25, 0.3) is 0 Å². The van der Waals surface area contributed by atoms with Gasteiger partial charge in [0.05, 0.1) is 23.1 Å². The minimum Gasteiger partial charge on any atom is -0.369 e. The first-order chi connectivity index (χ1) is 13.9. The number of nitro benzene ring substituents is 1. The third kappa shape index (κ3) is 3.68. The number of hydrogen-bond acceptors (Lipinski definition) is 6. The number of imide groups is 1. The van der Waals surface area contributed by atoms with Gasteiger partial charge in [-0.05, 0) is 30.3 Å². The molecule has 2 saturated heterocycles. The number of amides is 2. The lowest BCUT2D eigenvalue weighted by molar-refractivity contribution is -0.384. The molecule has 8 nitrogen and oxygen atoms in total. The summed E-state index contributed by atoms with van der Waals surface area (Å²) < 4.78 is 13.1. The number of hydrogen-bond donors (Lipinski definition) is 0. The van der Waals surface area contributed by atoms with Gasteiger partial charge in [0.2, 0.25) is 5.91 Å². The van der Waals surface area contributed by atoms with Gasteiger partial charge >= 0.3 is 0 Å². The third-order valence-corrected chi connectivity index (χ3v) is 5.37. The first kappa shape index (κ1) is 19.0. The van der Waals surface area contributed by atoms with E-state index in [-0.39, 0.29) is 35.4 Å². The number of anilines is 2. The maximum absolute atomic E-state index is 13.1. The molecule has 0 saturated carbocycles. The van der Waals surface area contributed by atoms with Crippen LogP contribution in [0.1, 0.15) is 6.42 Å². The van der Waals surface area contributed by atoms with E-state index in [1.165, 1.54) is 36.4 Å². The molecule has 2 aromatic rings. The SMILES string of the molecule is O=C1C[C@@H](N2CCN(c3ccc(F)cc3)CC2)C(=O)N1c1cccc([N+](=O)[O-])c1. The second-order valence-corrected chi connectivity index (χ2v) is 7.06. The van der Waals surface area contributed by atoms with Crippen LogP contribution in [0.15, 0.2) is 48.5 Å². The number of nitro groups is 1. The summed E-state index contributed by atoms with van der Waals surface area (Å²) >= 11 is 0. The number of piperazine rings is 1. The van der Waals surface area contributed by atoms with Crippen LogP contribution in [-0.4, -0.2) is 53.9 Å². The maximum Gasteiger partial charge on any atom is 0.271 e. The Balaban J connectivity index is 1.45. The van der Waals surface area contributed by atoms with E-state index in [0.29, 0.717) is 26.2 Å². The molecule has 0 aliphatic carbocycles. The van der Waals surface area contributed by atoms with Crippen molar-refractivity contribution >= 4 is 28.9 Å². The van der Waals surface area contributed by atoms with E-state index in [4.69, 9.17) is 0 Å². The minimum atomic E-state index is -0.572. The van der Waals surface area contributed by atoms with E-state index in [1.807, 2.05) is 4.90 Å². The molecule has 0 radical (unpaired) electrons. The lowest BCUT2D eigenvalue weighted by Gasteiger charge is -2.38. The Bertz CT molecular complexity index is 957. The Hall–Kier alpha value is -3.33. The van der Waals surface area contributed by atoms with Crippen molar-refractivity contribution in [3.05, 3.63) is 64.5 Å². The molecule has 150 valence electrons. The molecule has 0 spiro atoms. The average Bonchev–Trinajstić information content (AvgIpc) is 3.03. The fourth-order valence-electron chi connectivity index (χ4n) is 3.86. The summed E-state index contributed by atoms with van der Waals surface area (Å²) in [6.45, 7) is 2.48. The number of rotatable bonds is 4. The van der Waals surface area contributed by atoms with Gasteiger partial charge in [0.25, 0.3) is 11.6 Å². The first-order valence-electron chi connectivity index (χ1n) is 9.30. The van der Waals surface area contributed by atoms with Crippen molar-refractivity contribution in [3.63, 3.8) is 0 Å². The van der Waals surface area contributed by atoms with E-state index in [2.05, 4.69) is 4.90 Å². The molecule has 2 amide bonds. The van der Waals surface area contributed by atoms with Crippen LogP contribution in [0.2, 0.25) is 0 Å². The monoisotopic (exact) mass is 398 g/mol. The molecule has 2 heterocycles. The number of carbonyl (C=O) groups is 2. The summed E-state index contributed by atoms with van der Waals surface area (Å²) in [6.07, 6.45) is 0.0536. The number of carbonyl (C=O) groups excluding carboxylic acids is 2. The van der Waals surface area contributed by atoms with Gasteiger partial charge in [0.1, 0.15) is 5.82 Å². The zero-order valence-corrected chi connectivity index (χ0v) is 15.5. The number of halogens is 1. The molecule has 9 heteroatoms. The third-order valence-electron chi connectivity index (χ3n) is 5.37. The molecule has 0 N–H and O–H groups in total. The molecule has 2 aliphatic rings. The van der Waals surface area contributed by atoms with E-state index in [1.54, 1.807) is 12.1 Å². The van der Waals surface area contributed by atoms with Gasteiger partial charge in [-0.15, -0.1) is 0 Å². The zero-order valence-electron chi connectivity index (χ0n) is 15.5. The molecular formula is C20H19FN4O4. The fourth-order valence-corrected chi connectivity index (χ4v) is 3.86. The second-order valence-electron chi connectivity index (χ2n) is 7.06. The smallest absolute Gasteiger partial charge is 0.271 e. The van der Waals surface area contributed by atoms with Gasteiger partial charge in [0.15, 0.2) is 0 Å². The van der Waals surface area contributed by atoms with Crippen LogP contribution < -0.4 is 9.80 Å². The van der Waals surface area contributed by atoms with Crippen molar-refractivity contribution < 1.29 is 18.9 Å². The predicted molar refractivity (Wildman–Crippen MR) is 104 cm³/mol. The molecule has 1 atom stereocenters. The van der Waals surface area contributed by atoms with E-state index >= 15 is 0 Å². The number of nitrogens with zero attached hydrogens (tertiary/aromatic N) is 4. The van der Waals surface area contributed by atoms with Crippen molar-refractivity contribution in [1.82, 2.24) is 4.90 Å². The summed E-state index contributed by atoms with van der Waals surface area (Å²) in [7, 11) is 0. The molecule has 0 bridgehead atoms. The van der Waals surface area contributed by atoms with Gasteiger partial charge in [-0.2, -0.15) is 0 Å². The molecule has 4 rings (SSSR count). The maximum atomic E-state index is 13.1. The standard InChI is InChI=1S/C20H19FN4O4/c21-14-4-6-15(7-5-14)22-8-10-23(11-9-22)18-13-19(26)24(20(18)27)16-2-1-3-17(12-16)25(28)29/h1-7,12,18H,8-11,13H2/t18-/m1/s1. The highest BCUT2D eigenvalue weighted by molar-refractivity contribution is 6.22. The van der Waals surface area contributed by atoms with Crippen molar-refractivity contribution in [3.8, 4) is 0 Å². The van der Waals surface area contributed by atoms with Crippen LogP contribution in [0.4, 0.5) is 21.5 Å². The van der Waals surface area contributed by atoms with Crippen LogP contribution >= 0.6 is 0 Å². The highest BCUT2D eigenvalue weighted by Crippen LogP contribution is 2.29. The van der Waals surface area contributed by atoms with Crippen LogP contribution in [0.5, 0.6) is 0 Å². The summed E-state index contributed by atoms with van der Waals surface area (Å²) in [5.41, 5.74) is 0.971. The Labute approximate surface area is 166 Å². The van der Waals surface area contributed by atoms with Crippen molar-refractivity contribution in [1.29, 1.82) is 0 Å². The van der Waals surface area contributed by atoms with E-state index in [0.717, 1.165) is 10.6 Å². The molecule has 29 heavy (non-hydrogen) atoms. The van der Waals surface area contributed by atoms with Gasteiger partial charge in [-0.3, -0.25) is 24.6 Å². The number of non-ortho nitro benzene ring substituents is 1.